The molecule has 2 heterocycles. The van der Waals surface area contributed by atoms with Crippen LogP contribution in [0.1, 0.15) is 37.9 Å². The summed E-state index contributed by atoms with van der Waals surface area (Å²) in [6, 6.07) is 5.32. The molecule has 4 heteroatoms. The van der Waals surface area contributed by atoms with Crippen LogP contribution in [0.25, 0.3) is 0 Å². The van der Waals surface area contributed by atoms with Crippen molar-refractivity contribution in [2.75, 3.05) is 23.7 Å². The Morgan fingerprint density at radius 1 is 1.40 bits per heavy atom. The van der Waals surface area contributed by atoms with Crippen molar-refractivity contribution >= 4 is 17.6 Å². The van der Waals surface area contributed by atoms with E-state index in [-0.39, 0.29) is 0 Å². The van der Waals surface area contributed by atoms with Gasteiger partial charge in [-0.2, -0.15) is 11.8 Å². The summed E-state index contributed by atoms with van der Waals surface area (Å²) < 4.78 is 0. The highest BCUT2D eigenvalue weighted by Crippen LogP contribution is 2.24. The molecule has 2 aliphatic rings. The minimum absolute atomic E-state index is 0.712. The molecular weight excluding hydrogens is 266 g/mol. The zero-order chi connectivity index (χ0) is 13.9. The first-order valence-corrected chi connectivity index (χ1v) is 8.89. The summed E-state index contributed by atoms with van der Waals surface area (Å²) in [4.78, 5) is 7.30. The topological polar surface area (TPSA) is 28.2 Å². The molecule has 0 radical (unpaired) electrons. The van der Waals surface area contributed by atoms with E-state index < -0.39 is 0 Å². The van der Waals surface area contributed by atoms with Gasteiger partial charge in [-0.25, -0.2) is 4.98 Å². The van der Waals surface area contributed by atoms with Gasteiger partial charge in [0.25, 0.3) is 0 Å². The standard InChI is InChI=1S/C16H25N3S/c1-3-14-8-13(10-17-15-4-5-15)9-16(18-14)19-6-7-20-12(2)11-19/h8-9,12,15,17H,3-7,10-11H2,1-2H3. The fourth-order valence-corrected chi connectivity index (χ4v) is 3.67. The molecule has 20 heavy (non-hydrogen) atoms. The summed E-state index contributed by atoms with van der Waals surface area (Å²) in [5, 5.41) is 4.32. The monoisotopic (exact) mass is 291 g/mol. The molecule has 2 fully saturated rings. The number of pyridine rings is 1. The second-order valence-corrected chi connectivity index (χ2v) is 7.51. The van der Waals surface area contributed by atoms with Crippen molar-refractivity contribution < 1.29 is 0 Å². The minimum atomic E-state index is 0.712. The lowest BCUT2D eigenvalue weighted by atomic mass is 10.2. The maximum Gasteiger partial charge on any atom is 0.129 e. The van der Waals surface area contributed by atoms with Gasteiger partial charge in [-0.15, -0.1) is 0 Å². The molecule has 0 bridgehead atoms. The molecule has 3 nitrogen and oxygen atoms in total. The highest BCUT2D eigenvalue weighted by molar-refractivity contribution is 8.00. The van der Waals surface area contributed by atoms with Gasteiger partial charge < -0.3 is 10.2 Å². The van der Waals surface area contributed by atoms with Crippen LogP contribution >= 0.6 is 11.8 Å². The smallest absolute Gasteiger partial charge is 0.129 e. The number of hydrogen-bond donors (Lipinski definition) is 1. The molecule has 1 aromatic heterocycles. The molecule has 1 saturated heterocycles. The van der Waals surface area contributed by atoms with E-state index in [0.717, 1.165) is 32.1 Å². The summed E-state index contributed by atoms with van der Waals surface area (Å²) in [7, 11) is 0. The summed E-state index contributed by atoms with van der Waals surface area (Å²) in [6.45, 7) is 7.76. The van der Waals surface area contributed by atoms with E-state index in [1.54, 1.807) is 0 Å². The number of nitrogens with zero attached hydrogens (tertiary/aromatic N) is 2. The largest absolute Gasteiger partial charge is 0.355 e. The molecule has 1 atom stereocenters. The number of rotatable bonds is 5. The van der Waals surface area contributed by atoms with E-state index in [1.807, 2.05) is 0 Å². The lowest BCUT2D eigenvalue weighted by Crippen LogP contribution is -2.37. The molecule has 1 saturated carbocycles. The van der Waals surface area contributed by atoms with E-state index in [1.165, 1.54) is 35.7 Å². The van der Waals surface area contributed by atoms with Crippen LogP contribution in [0.5, 0.6) is 0 Å². The SMILES string of the molecule is CCc1cc(CNC2CC2)cc(N2CCSC(C)C2)n1. The maximum atomic E-state index is 4.84. The fourth-order valence-electron chi connectivity index (χ4n) is 2.65. The van der Waals surface area contributed by atoms with Crippen LogP contribution in [0, 0.1) is 0 Å². The fraction of sp³-hybridized carbons (Fsp3) is 0.688. The van der Waals surface area contributed by atoms with Gasteiger partial charge in [-0.3, -0.25) is 0 Å². The predicted octanol–water partition coefficient (Wildman–Crippen LogP) is 2.84. The Morgan fingerprint density at radius 2 is 2.25 bits per heavy atom. The van der Waals surface area contributed by atoms with Gasteiger partial charge in [0.15, 0.2) is 0 Å². The van der Waals surface area contributed by atoms with Crippen molar-refractivity contribution in [3.63, 3.8) is 0 Å². The van der Waals surface area contributed by atoms with E-state index in [0.29, 0.717) is 5.25 Å². The molecular formula is C16H25N3S. The van der Waals surface area contributed by atoms with Gasteiger partial charge in [0.1, 0.15) is 5.82 Å². The first-order valence-electron chi connectivity index (χ1n) is 7.84. The molecule has 1 unspecified atom stereocenters. The second kappa shape index (κ2) is 6.35. The van der Waals surface area contributed by atoms with Gasteiger partial charge in [0.2, 0.25) is 0 Å². The van der Waals surface area contributed by atoms with Crippen LogP contribution in [0.3, 0.4) is 0 Å². The summed E-state index contributed by atoms with van der Waals surface area (Å²) in [5.74, 6) is 2.40. The Kier molecular flexibility index (Phi) is 4.51. The van der Waals surface area contributed by atoms with Crippen molar-refractivity contribution in [1.82, 2.24) is 10.3 Å². The van der Waals surface area contributed by atoms with Crippen LogP contribution in [-0.2, 0) is 13.0 Å². The average Bonchev–Trinajstić information content (AvgIpc) is 3.29. The van der Waals surface area contributed by atoms with E-state index >= 15 is 0 Å². The van der Waals surface area contributed by atoms with Gasteiger partial charge in [-0.1, -0.05) is 13.8 Å². The molecule has 0 amide bonds. The third-order valence-electron chi connectivity index (χ3n) is 4.02. The van der Waals surface area contributed by atoms with Crippen LogP contribution < -0.4 is 10.2 Å². The Labute approximate surface area is 126 Å². The van der Waals surface area contributed by atoms with Crippen molar-refractivity contribution in [3.05, 3.63) is 23.4 Å². The average molecular weight is 291 g/mol. The number of aromatic nitrogens is 1. The lowest BCUT2D eigenvalue weighted by molar-refractivity contribution is 0.684. The zero-order valence-corrected chi connectivity index (χ0v) is 13.4. The summed E-state index contributed by atoms with van der Waals surface area (Å²) >= 11 is 2.07. The second-order valence-electron chi connectivity index (χ2n) is 5.96. The predicted molar refractivity (Wildman–Crippen MR) is 87.6 cm³/mol. The summed E-state index contributed by atoms with van der Waals surface area (Å²) in [5.41, 5.74) is 2.62. The van der Waals surface area contributed by atoms with E-state index in [4.69, 9.17) is 4.98 Å². The number of anilines is 1. The van der Waals surface area contributed by atoms with E-state index in [2.05, 4.69) is 48.0 Å². The van der Waals surface area contributed by atoms with Crippen molar-refractivity contribution in [3.8, 4) is 0 Å². The molecule has 1 aliphatic heterocycles. The number of thioether (sulfide) groups is 1. The Hall–Kier alpha value is -0.740. The highest BCUT2D eigenvalue weighted by Gasteiger charge is 2.21. The van der Waals surface area contributed by atoms with Gasteiger partial charge >= 0.3 is 0 Å². The molecule has 3 rings (SSSR count). The number of nitrogens with one attached hydrogen (secondary N) is 1. The Balaban J connectivity index is 1.75. The number of aryl methyl sites for hydroxylation is 1. The van der Waals surface area contributed by atoms with Gasteiger partial charge in [0.05, 0.1) is 0 Å². The zero-order valence-electron chi connectivity index (χ0n) is 12.6. The van der Waals surface area contributed by atoms with Gasteiger partial charge in [-0.05, 0) is 37.0 Å². The maximum absolute atomic E-state index is 4.84. The first kappa shape index (κ1) is 14.2. The third-order valence-corrected chi connectivity index (χ3v) is 5.16. The molecule has 0 aromatic carbocycles. The van der Waals surface area contributed by atoms with E-state index in [9.17, 15) is 0 Å². The summed E-state index contributed by atoms with van der Waals surface area (Å²) in [6.07, 6.45) is 3.71. The Morgan fingerprint density at radius 3 is 2.95 bits per heavy atom. The van der Waals surface area contributed by atoms with Crippen molar-refractivity contribution in [1.29, 1.82) is 0 Å². The third kappa shape index (κ3) is 3.67. The van der Waals surface area contributed by atoms with Crippen LogP contribution in [0.2, 0.25) is 0 Å². The quantitative estimate of drug-likeness (QED) is 0.903. The molecule has 0 spiro atoms. The van der Waals surface area contributed by atoms with Crippen LogP contribution in [0.4, 0.5) is 5.82 Å². The normalized spacial score (nSPS) is 23.1. The molecule has 1 aliphatic carbocycles. The van der Waals surface area contributed by atoms with Crippen LogP contribution in [-0.4, -0.2) is 35.1 Å². The minimum Gasteiger partial charge on any atom is -0.355 e. The molecule has 110 valence electrons. The lowest BCUT2D eigenvalue weighted by Gasteiger charge is -2.32. The molecule has 1 aromatic rings. The van der Waals surface area contributed by atoms with Gasteiger partial charge in [0, 0.05) is 42.4 Å². The Bertz CT molecular complexity index is 459. The highest BCUT2D eigenvalue weighted by atomic mass is 32.2. The van der Waals surface area contributed by atoms with Crippen LogP contribution in [0.15, 0.2) is 12.1 Å². The first-order chi connectivity index (χ1) is 9.74. The van der Waals surface area contributed by atoms with Crippen molar-refractivity contribution in [2.24, 2.45) is 0 Å². The number of hydrogen-bond acceptors (Lipinski definition) is 4. The van der Waals surface area contributed by atoms with Crippen molar-refractivity contribution in [2.45, 2.75) is 50.9 Å². The molecule has 1 N–H and O–H groups in total.